The highest BCUT2D eigenvalue weighted by Crippen LogP contribution is 2.36. The van der Waals surface area contributed by atoms with E-state index in [2.05, 4.69) is 0 Å². The highest BCUT2D eigenvalue weighted by Gasteiger charge is 2.48. The molecule has 0 unspecified atom stereocenters. The number of halogens is 2. The van der Waals surface area contributed by atoms with Crippen molar-refractivity contribution in [3.05, 3.63) is 29.8 Å². The third-order valence-corrected chi connectivity index (χ3v) is 7.66. The first-order valence-electron chi connectivity index (χ1n) is 9.44. The fourth-order valence-corrected chi connectivity index (χ4v) is 6.04. The van der Waals surface area contributed by atoms with E-state index in [9.17, 15) is 17.2 Å². The van der Waals surface area contributed by atoms with Crippen molar-refractivity contribution < 1.29 is 17.2 Å². The van der Waals surface area contributed by atoms with Crippen LogP contribution >= 0.6 is 0 Å². The van der Waals surface area contributed by atoms with Gasteiger partial charge in [-0.15, -0.1) is 0 Å². The minimum atomic E-state index is -3.54. The molecule has 8 heteroatoms. The van der Waals surface area contributed by atoms with Gasteiger partial charge in [-0.2, -0.15) is 4.31 Å². The smallest absolute Gasteiger partial charge is 0.262 e. The number of aryl methyl sites for hydroxylation is 1. The number of likely N-dealkylation sites (N-methyl/N-ethyl adjacent to an activating group) is 1. The average molecular weight is 402 g/mol. The van der Waals surface area contributed by atoms with Gasteiger partial charge in [-0.05, 0) is 45.5 Å². The molecule has 1 aromatic rings. The quantitative estimate of drug-likeness (QED) is 0.760. The Labute approximate surface area is 161 Å². The maximum Gasteiger partial charge on any atom is 0.262 e. The van der Waals surface area contributed by atoms with Crippen molar-refractivity contribution in [3.63, 3.8) is 0 Å². The van der Waals surface area contributed by atoms with E-state index in [1.54, 1.807) is 25.1 Å². The maximum atomic E-state index is 14.0. The molecule has 0 N–H and O–H groups in total. The van der Waals surface area contributed by atoms with Crippen LogP contribution in [0.2, 0.25) is 0 Å². The lowest BCUT2D eigenvalue weighted by molar-refractivity contribution is 0.00468. The van der Waals surface area contributed by atoms with Crippen LogP contribution in [-0.2, 0) is 10.0 Å². The summed E-state index contributed by atoms with van der Waals surface area (Å²) in [5.41, 5.74) is 0.727. The zero-order valence-electron chi connectivity index (χ0n) is 16.2. The first-order valence-corrected chi connectivity index (χ1v) is 10.9. The van der Waals surface area contributed by atoms with Gasteiger partial charge in [0.05, 0.1) is 11.4 Å². The number of piperidine rings is 1. The predicted octanol–water partition coefficient (Wildman–Crippen LogP) is 2.42. The Bertz CT molecular complexity index is 762. The van der Waals surface area contributed by atoms with E-state index in [1.165, 1.54) is 4.31 Å². The minimum Gasteiger partial charge on any atom is -0.308 e. The molecule has 2 aliphatic rings. The summed E-state index contributed by atoms with van der Waals surface area (Å²) in [6.07, 6.45) is 1.06. The highest BCUT2D eigenvalue weighted by molar-refractivity contribution is 7.89. The van der Waals surface area contributed by atoms with Crippen molar-refractivity contribution >= 4 is 10.0 Å². The lowest BCUT2D eigenvalue weighted by Crippen LogP contribution is -2.50. The van der Waals surface area contributed by atoms with Gasteiger partial charge in [0.2, 0.25) is 10.0 Å². The van der Waals surface area contributed by atoms with Gasteiger partial charge >= 0.3 is 0 Å². The molecule has 2 aliphatic heterocycles. The van der Waals surface area contributed by atoms with Crippen LogP contribution in [0, 0.1) is 6.92 Å². The van der Waals surface area contributed by atoms with Crippen LogP contribution in [0.5, 0.6) is 0 Å². The number of benzene rings is 1. The molecule has 2 saturated heterocycles. The molecular weight excluding hydrogens is 372 g/mol. The summed E-state index contributed by atoms with van der Waals surface area (Å²) >= 11 is 0. The number of sulfonamides is 1. The van der Waals surface area contributed by atoms with Gasteiger partial charge in [0, 0.05) is 38.1 Å². The number of nitrogens with zero attached hydrogens (tertiary/aromatic N) is 3. The molecular formula is C19H29F2N3O2S. The third kappa shape index (κ3) is 4.50. The van der Waals surface area contributed by atoms with E-state index < -0.39 is 15.9 Å². The average Bonchev–Trinajstić information content (AvgIpc) is 2.89. The lowest BCUT2D eigenvalue weighted by atomic mass is 10.0. The van der Waals surface area contributed by atoms with E-state index in [0.717, 1.165) is 5.56 Å². The van der Waals surface area contributed by atoms with Crippen molar-refractivity contribution in [3.8, 4) is 0 Å². The first kappa shape index (κ1) is 20.6. The minimum absolute atomic E-state index is 0.00615. The van der Waals surface area contributed by atoms with E-state index in [-0.39, 0.29) is 25.0 Å². The summed E-state index contributed by atoms with van der Waals surface area (Å²) in [6, 6.07) is 6.79. The standard InChI is InChI=1S/C19H29F2N3O2S/c1-15-6-4-5-7-18(15)27(25,26)23-10-8-16(9-11-23)24-14-19(20,21)12-17(24)13-22(2)3/h4-7,16-17H,8-14H2,1-3H3/t17-/m0/s1. The normalized spacial score (nSPS) is 25.3. The van der Waals surface area contributed by atoms with Gasteiger partial charge in [0.15, 0.2) is 0 Å². The summed E-state index contributed by atoms with van der Waals surface area (Å²) < 4.78 is 55.4. The monoisotopic (exact) mass is 401 g/mol. The zero-order chi connectivity index (χ0) is 19.8. The molecule has 0 radical (unpaired) electrons. The molecule has 1 aromatic carbocycles. The van der Waals surface area contributed by atoms with Crippen molar-refractivity contribution in [2.24, 2.45) is 0 Å². The fourth-order valence-electron chi connectivity index (χ4n) is 4.34. The summed E-state index contributed by atoms with van der Waals surface area (Å²) in [7, 11) is 0.253. The SMILES string of the molecule is Cc1ccccc1S(=O)(=O)N1CCC(N2CC(F)(F)C[C@H]2CN(C)C)CC1. The number of hydrogen-bond acceptors (Lipinski definition) is 4. The number of hydrogen-bond donors (Lipinski definition) is 0. The molecule has 2 heterocycles. The molecule has 5 nitrogen and oxygen atoms in total. The molecule has 1 atom stereocenters. The molecule has 3 rings (SSSR count). The molecule has 0 aliphatic carbocycles. The fraction of sp³-hybridized carbons (Fsp3) is 0.684. The summed E-state index contributed by atoms with van der Waals surface area (Å²) in [5, 5.41) is 0. The van der Waals surface area contributed by atoms with E-state index in [0.29, 0.717) is 37.4 Å². The molecule has 2 fully saturated rings. The number of rotatable bonds is 5. The molecule has 27 heavy (non-hydrogen) atoms. The van der Waals surface area contributed by atoms with Crippen LogP contribution in [0.25, 0.3) is 0 Å². The second-order valence-corrected chi connectivity index (χ2v) is 9.96. The van der Waals surface area contributed by atoms with Gasteiger partial charge in [-0.1, -0.05) is 18.2 Å². The third-order valence-electron chi connectivity index (χ3n) is 5.60. The van der Waals surface area contributed by atoms with Gasteiger partial charge in [0.25, 0.3) is 5.92 Å². The van der Waals surface area contributed by atoms with Crippen molar-refractivity contribution in [2.45, 2.75) is 49.1 Å². The molecule has 0 spiro atoms. The van der Waals surface area contributed by atoms with Crippen LogP contribution in [0.3, 0.4) is 0 Å². The Hall–Kier alpha value is -1.09. The predicted molar refractivity (Wildman–Crippen MR) is 102 cm³/mol. The Morgan fingerprint density at radius 1 is 1.19 bits per heavy atom. The van der Waals surface area contributed by atoms with Crippen LogP contribution in [-0.4, -0.2) is 80.8 Å². The molecule has 0 amide bonds. The Morgan fingerprint density at radius 2 is 1.81 bits per heavy atom. The van der Waals surface area contributed by atoms with Crippen LogP contribution < -0.4 is 0 Å². The number of likely N-dealkylation sites (tertiary alicyclic amines) is 1. The largest absolute Gasteiger partial charge is 0.308 e. The van der Waals surface area contributed by atoms with Gasteiger partial charge < -0.3 is 4.90 Å². The summed E-state index contributed by atoms with van der Waals surface area (Å²) in [4.78, 5) is 4.19. The first-order chi connectivity index (χ1) is 12.6. The van der Waals surface area contributed by atoms with Crippen molar-refractivity contribution in [2.75, 3.05) is 40.3 Å². The van der Waals surface area contributed by atoms with Crippen molar-refractivity contribution in [1.29, 1.82) is 0 Å². The van der Waals surface area contributed by atoms with Gasteiger partial charge in [-0.25, -0.2) is 17.2 Å². The van der Waals surface area contributed by atoms with E-state index in [4.69, 9.17) is 0 Å². The Kier molecular flexibility index (Phi) is 5.91. The van der Waals surface area contributed by atoms with Crippen LogP contribution in [0.4, 0.5) is 8.78 Å². The second kappa shape index (κ2) is 7.73. The zero-order valence-corrected chi connectivity index (χ0v) is 17.1. The van der Waals surface area contributed by atoms with E-state index >= 15 is 0 Å². The summed E-state index contributed by atoms with van der Waals surface area (Å²) in [5.74, 6) is -2.66. The second-order valence-electron chi connectivity index (χ2n) is 8.05. The molecule has 0 aromatic heterocycles. The topological polar surface area (TPSA) is 43.9 Å². The lowest BCUT2D eigenvalue weighted by Gasteiger charge is -2.39. The van der Waals surface area contributed by atoms with Gasteiger partial charge in [0.1, 0.15) is 0 Å². The molecule has 0 saturated carbocycles. The van der Waals surface area contributed by atoms with Crippen molar-refractivity contribution in [1.82, 2.24) is 14.1 Å². The molecule has 0 bridgehead atoms. The van der Waals surface area contributed by atoms with Gasteiger partial charge in [-0.3, -0.25) is 4.90 Å². The highest BCUT2D eigenvalue weighted by atomic mass is 32.2. The molecule has 152 valence electrons. The maximum absolute atomic E-state index is 14.0. The van der Waals surface area contributed by atoms with Crippen LogP contribution in [0.15, 0.2) is 29.2 Å². The Balaban J connectivity index is 1.69. The Morgan fingerprint density at radius 3 is 2.41 bits per heavy atom. The van der Waals surface area contributed by atoms with Crippen LogP contribution in [0.1, 0.15) is 24.8 Å². The number of alkyl halides is 2. The van der Waals surface area contributed by atoms with E-state index in [1.807, 2.05) is 30.0 Å². The summed E-state index contributed by atoms with van der Waals surface area (Å²) in [6.45, 7) is 2.91.